The van der Waals surface area contributed by atoms with Crippen LogP contribution in [0.4, 0.5) is 0 Å². The van der Waals surface area contributed by atoms with E-state index in [2.05, 4.69) is 4.98 Å². The predicted octanol–water partition coefficient (Wildman–Crippen LogP) is 4.67. The van der Waals surface area contributed by atoms with Gasteiger partial charge in [0.1, 0.15) is 10.8 Å². The van der Waals surface area contributed by atoms with Crippen LogP contribution in [0, 0.1) is 6.92 Å². The molecule has 0 fully saturated rings. The van der Waals surface area contributed by atoms with E-state index in [4.69, 9.17) is 14.2 Å². The standard InChI is InChI=1S/C21H21NO4S/c1-14-13-27-21(22-14)16-5-4-6-17(12-16)26-20(23)10-8-15-7-9-18(24-2)19(11-15)25-3/h4-7,9,11-13H,8,10H2,1-3H3. The maximum Gasteiger partial charge on any atom is 0.311 e. The first-order chi connectivity index (χ1) is 13.1. The van der Waals surface area contributed by atoms with E-state index in [1.165, 1.54) is 0 Å². The average molecular weight is 383 g/mol. The van der Waals surface area contributed by atoms with Gasteiger partial charge in [-0.3, -0.25) is 4.79 Å². The van der Waals surface area contributed by atoms with Gasteiger partial charge in [-0.15, -0.1) is 11.3 Å². The normalized spacial score (nSPS) is 10.5. The number of ether oxygens (including phenoxy) is 3. The summed E-state index contributed by atoms with van der Waals surface area (Å²) >= 11 is 1.57. The van der Waals surface area contributed by atoms with Crippen LogP contribution in [0.25, 0.3) is 10.6 Å². The Morgan fingerprint density at radius 1 is 1.07 bits per heavy atom. The van der Waals surface area contributed by atoms with Crippen molar-refractivity contribution < 1.29 is 19.0 Å². The zero-order valence-corrected chi connectivity index (χ0v) is 16.3. The average Bonchev–Trinajstić information content (AvgIpc) is 3.12. The number of hydrogen-bond donors (Lipinski definition) is 0. The van der Waals surface area contributed by atoms with E-state index < -0.39 is 0 Å². The molecule has 5 nitrogen and oxygen atoms in total. The summed E-state index contributed by atoms with van der Waals surface area (Å²) in [5.41, 5.74) is 2.90. The summed E-state index contributed by atoms with van der Waals surface area (Å²) in [6, 6.07) is 13.1. The van der Waals surface area contributed by atoms with E-state index in [0.29, 0.717) is 23.7 Å². The number of rotatable bonds is 7. The maximum absolute atomic E-state index is 12.2. The van der Waals surface area contributed by atoms with Crippen LogP contribution in [-0.4, -0.2) is 25.2 Å². The molecule has 0 bridgehead atoms. The monoisotopic (exact) mass is 383 g/mol. The number of benzene rings is 2. The van der Waals surface area contributed by atoms with Crippen molar-refractivity contribution in [2.24, 2.45) is 0 Å². The summed E-state index contributed by atoms with van der Waals surface area (Å²) in [6.07, 6.45) is 0.834. The van der Waals surface area contributed by atoms with Crippen LogP contribution in [0.1, 0.15) is 17.7 Å². The summed E-state index contributed by atoms with van der Waals surface area (Å²) in [7, 11) is 3.18. The van der Waals surface area contributed by atoms with Crippen molar-refractivity contribution in [3.63, 3.8) is 0 Å². The number of carbonyl (C=O) groups excluding carboxylic acids is 1. The molecule has 0 N–H and O–H groups in total. The summed E-state index contributed by atoms with van der Waals surface area (Å²) in [4.78, 5) is 16.7. The fourth-order valence-corrected chi connectivity index (χ4v) is 3.44. The third-order valence-corrected chi connectivity index (χ3v) is 5.01. The van der Waals surface area contributed by atoms with Crippen LogP contribution < -0.4 is 14.2 Å². The molecule has 0 amide bonds. The molecule has 0 saturated heterocycles. The predicted molar refractivity (Wildman–Crippen MR) is 106 cm³/mol. The molecule has 27 heavy (non-hydrogen) atoms. The van der Waals surface area contributed by atoms with Crippen molar-refractivity contribution >= 4 is 17.3 Å². The molecule has 0 aliphatic heterocycles. The molecule has 0 saturated carbocycles. The van der Waals surface area contributed by atoms with Crippen molar-refractivity contribution in [3.05, 3.63) is 59.1 Å². The molecule has 6 heteroatoms. The molecule has 140 valence electrons. The SMILES string of the molecule is COc1ccc(CCC(=O)Oc2cccc(-c3nc(C)cs3)c2)cc1OC. The van der Waals surface area contributed by atoms with Gasteiger partial charge in [-0.25, -0.2) is 4.98 Å². The second-order valence-corrected chi connectivity index (χ2v) is 6.84. The summed E-state index contributed by atoms with van der Waals surface area (Å²) in [6.45, 7) is 1.96. The molecule has 3 aromatic rings. The fraction of sp³-hybridized carbons (Fsp3) is 0.238. The molecular formula is C21H21NO4S. The molecule has 3 rings (SSSR count). The first kappa shape index (κ1) is 18.9. The number of methoxy groups -OCH3 is 2. The molecule has 0 atom stereocenters. The Labute approximate surface area is 162 Å². The van der Waals surface area contributed by atoms with Gasteiger partial charge in [0.05, 0.1) is 14.2 Å². The number of carbonyl (C=O) groups is 1. The van der Waals surface area contributed by atoms with Gasteiger partial charge in [-0.05, 0) is 43.2 Å². The van der Waals surface area contributed by atoms with Gasteiger partial charge >= 0.3 is 5.97 Å². The molecule has 0 aliphatic rings. The zero-order chi connectivity index (χ0) is 19.2. The maximum atomic E-state index is 12.2. The number of nitrogens with zero attached hydrogens (tertiary/aromatic N) is 1. The Morgan fingerprint density at radius 2 is 1.89 bits per heavy atom. The minimum Gasteiger partial charge on any atom is -0.493 e. The van der Waals surface area contributed by atoms with Crippen LogP contribution in [-0.2, 0) is 11.2 Å². The van der Waals surface area contributed by atoms with Crippen molar-refractivity contribution in [3.8, 4) is 27.8 Å². The second kappa shape index (κ2) is 8.68. The number of aromatic nitrogens is 1. The van der Waals surface area contributed by atoms with Crippen LogP contribution in [0.15, 0.2) is 47.8 Å². The van der Waals surface area contributed by atoms with Gasteiger partial charge in [-0.1, -0.05) is 18.2 Å². The molecule has 0 unspecified atom stereocenters. The Kier molecular flexibility index (Phi) is 6.08. The highest BCUT2D eigenvalue weighted by atomic mass is 32.1. The second-order valence-electron chi connectivity index (χ2n) is 5.99. The Balaban J connectivity index is 1.61. The highest BCUT2D eigenvalue weighted by molar-refractivity contribution is 7.13. The van der Waals surface area contributed by atoms with Crippen molar-refractivity contribution in [1.82, 2.24) is 4.98 Å². The van der Waals surface area contributed by atoms with E-state index >= 15 is 0 Å². The smallest absolute Gasteiger partial charge is 0.311 e. The molecule has 0 spiro atoms. The largest absolute Gasteiger partial charge is 0.493 e. The molecular weight excluding hydrogens is 362 g/mol. The van der Waals surface area contributed by atoms with E-state index in [-0.39, 0.29) is 12.4 Å². The van der Waals surface area contributed by atoms with Gasteiger partial charge in [0.2, 0.25) is 0 Å². The third-order valence-electron chi connectivity index (χ3n) is 4.00. The topological polar surface area (TPSA) is 57.7 Å². The zero-order valence-electron chi connectivity index (χ0n) is 15.5. The minimum atomic E-state index is -0.280. The quantitative estimate of drug-likeness (QED) is 0.438. The van der Waals surface area contributed by atoms with E-state index in [1.807, 2.05) is 48.7 Å². The van der Waals surface area contributed by atoms with Crippen LogP contribution >= 0.6 is 11.3 Å². The van der Waals surface area contributed by atoms with Crippen LogP contribution in [0.5, 0.6) is 17.2 Å². The number of thiazole rings is 1. The van der Waals surface area contributed by atoms with Crippen molar-refractivity contribution in [2.45, 2.75) is 19.8 Å². The Bertz CT molecular complexity index is 935. The first-order valence-electron chi connectivity index (χ1n) is 8.53. The fourth-order valence-electron chi connectivity index (χ4n) is 2.64. The van der Waals surface area contributed by atoms with Crippen molar-refractivity contribution in [2.75, 3.05) is 14.2 Å². The molecule has 1 heterocycles. The van der Waals surface area contributed by atoms with Crippen molar-refractivity contribution in [1.29, 1.82) is 0 Å². The highest BCUT2D eigenvalue weighted by Crippen LogP contribution is 2.29. The number of hydrogen-bond acceptors (Lipinski definition) is 6. The molecule has 0 radical (unpaired) electrons. The lowest BCUT2D eigenvalue weighted by Crippen LogP contribution is -2.09. The lowest BCUT2D eigenvalue weighted by molar-refractivity contribution is -0.134. The Morgan fingerprint density at radius 3 is 2.59 bits per heavy atom. The van der Waals surface area contributed by atoms with Gasteiger partial charge in [-0.2, -0.15) is 0 Å². The molecule has 0 aliphatic carbocycles. The lowest BCUT2D eigenvalue weighted by atomic mass is 10.1. The number of aryl methyl sites for hydroxylation is 2. The highest BCUT2D eigenvalue weighted by Gasteiger charge is 2.10. The molecule has 2 aromatic carbocycles. The summed E-state index contributed by atoms with van der Waals surface area (Å²) in [5, 5.41) is 2.91. The van der Waals surface area contributed by atoms with E-state index in [0.717, 1.165) is 21.8 Å². The van der Waals surface area contributed by atoms with Gasteiger partial charge < -0.3 is 14.2 Å². The van der Waals surface area contributed by atoms with Crippen LogP contribution in [0.3, 0.4) is 0 Å². The number of esters is 1. The third kappa shape index (κ3) is 4.86. The van der Waals surface area contributed by atoms with E-state index in [9.17, 15) is 4.79 Å². The van der Waals surface area contributed by atoms with Crippen LogP contribution in [0.2, 0.25) is 0 Å². The summed E-state index contributed by atoms with van der Waals surface area (Å²) in [5.74, 6) is 1.56. The minimum absolute atomic E-state index is 0.274. The summed E-state index contributed by atoms with van der Waals surface area (Å²) < 4.78 is 16.0. The first-order valence-corrected chi connectivity index (χ1v) is 9.41. The van der Waals surface area contributed by atoms with Gasteiger partial charge in [0, 0.05) is 23.1 Å². The van der Waals surface area contributed by atoms with Gasteiger partial charge in [0.15, 0.2) is 11.5 Å². The van der Waals surface area contributed by atoms with E-state index in [1.54, 1.807) is 31.6 Å². The van der Waals surface area contributed by atoms with Gasteiger partial charge in [0.25, 0.3) is 0 Å². The Hall–Kier alpha value is -2.86. The molecule has 1 aromatic heterocycles. The lowest BCUT2D eigenvalue weighted by Gasteiger charge is -2.09.